The van der Waals surface area contributed by atoms with Gasteiger partial charge in [-0.2, -0.15) is 0 Å². The molecule has 0 heterocycles. The first kappa shape index (κ1) is 17.0. The summed E-state index contributed by atoms with van der Waals surface area (Å²) in [5, 5.41) is 0. The van der Waals surface area contributed by atoms with Crippen molar-refractivity contribution >= 4 is 11.8 Å². The minimum Gasteiger partial charge on any atom is -0.462 e. The molecule has 0 aliphatic heterocycles. The lowest BCUT2D eigenvalue weighted by Crippen LogP contribution is -2.05. The maximum absolute atomic E-state index is 11.6. The number of carbonyl (C=O) groups is 2. The summed E-state index contributed by atoms with van der Waals surface area (Å²) in [6.07, 6.45) is 4.27. The average molecular weight is 286 g/mol. The maximum atomic E-state index is 11.6. The van der Waals surface area contributed by atoms with Gasteiger partial charge in [-0.1, -0.05) is 37.5 Å². The second kappa shape index (κ2) is 10.7. The van der Waals surface area contributed by atoms with Gasteiger partial charge < -0.3 is 4.74 Å². The molecule has 21 heavy (non-hydrogen) atoms. The van der Waals surface area contributed by atoms with Crippen molar-refractivity contribution in [1.29, 1.82) is 0 Å². The first-order valence-electron chi connectivity index (χ1n) is 7.43. The molecule has 1 aromatic carbocycles. The third-order valence-electron chi connectivity index (χ3n) is 2.91. The molecule has 1 rings (SSSR count). The number of hydrogen-bond acceptors (Lipinski definition) is 3. The summed E-state index contributed by atoms with van der Waals surface area (Å²) in [4.78, 5) is 23.0. The number of carbonyl (C=O) groups excluding carboxylic acids is 2. The van der Waals surface area contributed by atoms with Crippen LogP contribution in [0.5, 0.6) is 0 Å². The van der Waals surface area contributed by atoms with Crippen LogP contribution in [0.25, 0.3) is 0 Å². The number of ether oxygens (including phenoxy) is 1. The van der Waals surface area contributed by atoms with Gasteiger partial charge in [-0.05, 0) is 25.0 Å². The molecule has 0 unspecified atom stereocenters. The van der Waals surface area contributed by atoms with Gasteiger partial charge >= 0.3 is 5.97 Å². The van der Waals surface area contributed by atoms with Crippen LogP contribution in [0.2, 0.25) is 0 Å². The third-order valence-corrected chi connectivity index (χ3v) is 2.91. The van der Waals surface area contributed by atoms with Crippen LogP contribution in [0, 0.1) is 11.8 Å². The van der Waals surface area contributed by atoms with Crippen LogP contribution in [0.1, 0.15) is 55.8 Å². The van der Waals surface area contributed by atoms with Gasteiger partial charge in [0, 0.05) is 12.8 Å². The Morgan fingerprint density at radius 2 is 1.86 bits per heavy atom. The molecule has 112 valence electrons. The van der Waals surface area contributed by atoms with Crippen molar-refractivity contribution in [3.8, 4) is 11.8 Å². The molecule has 0 saturated carbocycles. The number of rotatable bonds is 8. The van der Waals surface area contributed by atoms with Crippen LogP contribution < -0.4 is 0 Å². The van der Waals surface area contributed by atoms with E-state index in [2.05, 4.69) is 18.8 Å². The molecule has 1 aromatic rings. The van der Waals surface area contributed by atoms with Crippen LogP contribution in [0.4, 0.5) is 0 Å². The van der Waals surface area contributed by atoms with Gasteiger partial charge in [-0.3, -0.25) is 4.79 Å². The SMILES string of the molecule is CCCCC(=O)CC#CCCCOC(=O)c1ccccc1. The van der Waals surface area contributed by atoms with Crippen molar-refractivity contribution in [2.75, 3.05) is 6.61 Å². The number of hydrogen-bond donors (Lipinski definition) is 0. The highest BCUT2D eigenvalue weighted by molar-refractivity contribution is 5.89. The molecule has 0 fully saturated rings. The fourth-order valence-electron chi connectivity index (χ4n) is 1.69. The topological polar surface area (TPSA) is 43.4 Å². The Morgan fingerprint density at radius 1 is 1.10 bits per heavy atom. The molecule has 0 aliphatic carbocycles. The standard InChI is InChI=1S/C18H22O3/c1-2-3-13-17(19)14-9-4-5-10-15-21-18(20)16-11-7-6-8-12-16/h6-8,11-12H,2-3,5,10,13-15H2,1H3. The lowest BCUT2D eigenvalue weighted by atomic mass is 10.1. The molecule has 0 aliphatic rings. The molecule has 0 amide bonds. The summed E-state index contributed by atoms with van der Waals surface area (Å²) in [5.74, 6) is 5.72. The highest BCUT2D eigenvalue weighted by Gasteiger charge is 2.04. The van der Waals surface area contributed by atoms with E-state index >= 15 is 0 Å². The smallest absolute Gasteiger partial charge is 0.338 e. The van der Waals surface area contributed by atoms with E-state index in [-0.39, 0.29) is 11.8 Å². The number of Topliss-reactive ketones (excluding diaryl/α,β-unsaturated/α-hetero) is 1. The van der Waals surface area contributed by atoms with Crippen molar-refractivity contribution in [1.82, 2.24) is 0 Å². The van der Waals surface area contributed by atoms with Crippen LogP contribution in [0.3, 0.4) is 0 Å². The first-order valence-corrected chi connectivity index (χ1v) is 7.43. The zero-order valence-electron chi connectivity index (χ0n) is 12.6. The Kier molecular flexibility index (Phi) is 8.63. The molecule has 3 heteroatoms. The first-order chi connectivity index (χ1) is 10.2. The van der Waals surface area contributed by atoms with E-state index in [1.807, 2.05) is 6.07 Å². The Morgan fingerprint density at radius 3 is 2.57 bits per heavy atom. The summed E-state index contributed by atoms with van der Waals surface area (Å²) < 4.78 is 5.14. The van der Waals surface area contributed by atoms with E-state index in [9.17, 15) is 9.59 Å². The van der Waals surface area contributed by atoms with E-state index in [1.165, 1.54) is 0 Å². The fourth-order valence-corrected chi connectivity index (χ4v) is 1.69. The zero-order valence-corrected chi connectivity index (χ0v) is 12.6. The lowest BCUT2D eigenvalue weighted by molar-refractivity contribution is -0.118. The van der Waals surface area contributed by atoms with E-state index in [0.717, 1.165) is 12.8 Å². The summed E-state index contributed by atoms with van der Waals surface area (Å²) in [6.45, 7) is 2.42. The Hall–Kier alpha value is -2.08. The van der Waals surface area contributed by atoms with Gasteiger partial charge in [0.15, 0.2) is 0 Å². The molecule has 0 bridgehead atoms. The number of unbranched alkanes of at least 4 members (excludes halogenated alkanes) is 2. The predicted octanol–water partition coefficient (Wildman–Crippen LogP) is 3.78. The van der Waals surface area contributed by atoms with Crippen LogP contribution in [-0.4, -0.2) is 18.4 Å². The molecular formula is C18H22O3. The van der Waals surface area contributed by atoms with Crippen molar-refractivity contribution in [3.63, 3.8) is 0 Å². The van der Waals surface area contributed by atoms with E-state index in [4.69, 9.17) is 4.74 Å². The van der Waals surface area contributed by atoms with Gasteiger partial charge in [0.1, 0.15) is 5.78 Å². The molecule has 0 spiro atoms. The molecule has 0 N–H and O–H groups in total. The number of ketones is 1. The molecular weight excluding hydrogens is 264 g/mol. The highest BCUT2D eigenvalue weighted by atomic mass is 16.5. The summed E-state index contributed by atoms with van der Waals surface area (Å²) in [5.41, 5.74) is 0.560. The highest BCUT2D eigenvalue weighted by Crippen LogP contribution is 2.02. The second-order valence-electron chi connectivity index (χ2n) is 4.78. The van der Waals surface area contributed by atoms with Crippen molar-refractivity contribution in [2.24, 2.45) is 0 Å². The Balaban J connectivity index is 2.10. The van der Waals surface area contributed by atoms with E-state index in [1.54, 1.807) is 24.3 Å². The largest absolute Gasteiger partial charge is 0.462 e. The average Bonchev–Trinajstić information content (AvgIpc) is 2.52. The van der Waals surface area contributed by atoms with E-state index < -0.39 is 0 Å². The fraction of sp³-hybridized carbons (Fsp3) is 0.444. The van der Waals surface area contributed by atoms with Crippen LogP contribution in [0.15, 0.2) is 30.3 Å². The normalized spacial score (nSPS) is 9.57. The van der Waals surface area contributed by atoms with Crippen LogP contribution >= 0.6 is 0 Å². The molecule has 0 radical (unpaired) electrons. The number of esters is 1. The third kappa shape index (κ3) is 7.94. The quantitative estimate of drug-likeness (QED) is 0.415. The van der Waals surface area contributed by atoms with Crippen LogP contribution in [-0.2, 0) is 9.53 Å². The predicted molar refractivity (Wildman–Crippen MR) is 82.9 cm³/mol. The van der Waals surface area contributed by atoms with E-state index in [0.29, 0.717) is 37.9 Å². The monoisotopic (exact) mass is 286 g/mol. The summed E-state index contributed by atoms with van der Waals surface area (Å²) in [7, 11) is 0. The molecule has 0 atom stereocenters. The summed E-state index contributed by atoms with van der Waals surface area (Å²) in [6, 6.07) is 8.91. The van der Waals surface area contributed by atoms with Gasteiger partial charge in [0.25, 0.3) is 0 Å². The van der Waals surface area contributed by atoms with Gasteiger partial charge in [-0.25, -0.2) is 4.79 Å². The van der Waals surface area contributed by atoms with Crippen molar-refractivity contribution in [3.05, 3.63) is 35.9 Å². The number of benzene rings is 1. The zero-order chi connectivity index (χ0) is 15.3. The van der Waals surface area contributed by atoms with Crippen molar-refractivity contribution in [2.45, 2.75) is 45.4 Å². The van der Waals surface area contributed by atoms with Gasteiger partial charge in [-0.15, -0.1) is 5.92 Å². The van der Waals surface area contributed by atoms with Gasteiger partial charge in [0.2, 0.25) is 0 Å². The Labute approximate surface area is 126 Å². The molecule has 0 saturated heterocycles. The van der Waals surface area contributed by atoms with Crippen molar-refractivity contribution < 1.29 is 14.3 Å². The lowest BCUT2D eigenvalue weighted by Gasteiger charge is -2.02. The minimum atomic E-state index is -0.307. The summed E-state index contributed by atoms with van der Waals surface area (Å²) >= 11 is 0. The second-order valence-corrected chi connectivity index (χ2v) is 4.78. The minimum absolute atomic E-state index is 0.208. The Bertz CT molecular complexity index is 494. The van der Waals surface area contributed by atoms with Gasteiger partial charge in [0.05, 0.1) is 18.6 Å². The molecule has 3 nitrogen and oxygen atoms in total. The molecule has 0 aromatic heterocycles. The maximum Gasteiger partial charge on any atom is 0.338 e.